The molecular formula is C27H18F3N3O4S. The number of methoxy groups -OCH3 is 1. The monoisotopic (exact) mass is 537 g/mol. The lowest BCUT2D eigenvalue weighted by Gasteiger charge is -2.16. The van der Waals surface area contributed by atoms with Crippen molar-refractivity contribution in [2.24, 2.45) is 0 Å². The molecule has 0 aliphatic heterocycles. The first-order valence-corrected chi connectivity index (χ1v) is 12.8. The summed E-state index contributed by atoms with van der Waals surface area (Å²) < 4.78 is 73.0. The number of ether oxygens (including phenoxy) is 1. The van der Waals surface area contributed by atoms with E-state index in [1.807, 2.05) is 0 Å². The van der Waals surface area contributed by atoms with E-state index in [2.05, 4.69) is 9.97 Å². The Balaban J connectivity index is 1.58. The standard InChI is InChI=1S/C27H18F3N3O4S/c1-37-25-12-17(16-2-6-21(29)22(30)11-16)3-7-24(25)33-23-8-5-20(10-18(23)4-9-27(33)34)38(35,36)15-26-31-13-19(28)14-32-26/h2-14H,15H2,1H3. The Morgan fingerprint density at radius 1 is 0.842 bits per heavy atom. The second-order valence-corrected chi connectivity index (χ2v) is 10.3. The lowest BCUT2D eigenvalue weighted by molar-refractivity contribution is 0.413. The van der Waals surface area contributed by atoms with Gasteiger partial charge in [0.15, 0.2) is 27.3 Å². The zero-order valence-corrected chi connectivity index (χ0v) is 20.5. The minimum atomic E-state index is -3.88. The molecule has 2 heterocycles. The molecule has 5 aromatic rings. The molecule has 0 aliphatic rings. The van der Waals surface area contributed by atoms with Gasteiger partial charge in [-0.15, -0.1) is 0 Å². The summed E-state index contributed by atoms with van der Waals surface area (Å²) in [6.45, 7) is 0. The van der Waals surface area contributed by atoms with Crippen LogP contribution in [0.15, 0.2) is 88.8 Å². The highest BCUT2D eigenvalue weighted by Crippen LogP contribution is 2.32. The van der Waals surface area contributed by atoms with Gasteiger partial charge in [-0.1, -0.05) is 12.1 Å². The van der Waals surface area contributed by atoms with E-state index in [1.54, 1.807) is 18.2 Å². The molecule has 0 saturated carbocycles. The van der Waals surface area contributed by atoms with Crippen LogP contribution in [-0.2, 0) is 15.6 Å². The Morgan fingerprint density at radius 2 is 1.55 bits per heavy atom. The van der Waals surface area contributed by atoms with Crippen molar-refractivity contribution in [3.8, 4) is 22.6 Å². The van der Waals surface area contributed by atoms with E-state index < -0.39 is 38.6 Å². The van der Waals surface area contributed by atoms with Gasteiger partial charge < -0.3 is 4.74 Å². The first-order valence-electron chi connectivity index (χ1n) is 11.1. The van der Waals surface area contributed by atoms with Gasteiger partial charge in [0.05, 0.1) is 35.6 Å². The van der Waals surface area contributed by atoms with Crippen molar-refractivity contribution in [1.29, 1.82) is 0 Å². The van der Waals surface area contributed by atoms with E-state index in [4.69, 9.17) is 4.74 Å². The summed E-state index contributed by atoms with van der Waals surface area (Å²) in [7, 11) is -2.47. The second-order valence-electron chi connectivity index (χ2n) is 8.32. The number of rotatable bonds is 6. The summed E-state index contributed by atoms with van der Waals surface area (Å²) >= 11 is 0. The van der Waals surface area contributed by atoms with Crippen LogP contribution in [0.2, 0.25) is 0 Å². The molecule has 0 spiro atoms. The van der Waals surface area contributed by atoms with E-state index in [1.165, 1.54) is 48.1 Å². The van der Waals surface area contributed by atoms with Gasteiger partial charge in [0.25, 0.3) is 5.56 Å². The summed E-state index contributed by atoms with van der Waals surface area (Å²) in [5.41, 5.74) is 1.33. The number of nitrogens with zero attached hydrogens (tertiary/aromatic N) is 3. The Labute approximate surface area is 214 Å². The van der Waals surface area contributed by atoms with Crippen LogP contribution < -0.4 is 10.3 Å². The van der Waals surface area contributed by atoms with E-state index in [-0.39, 0.29) is 16.5 Å². The second kappa shape index (κ2) is 9.75. The van der Waals surface area contributed by atoms with Crippen LogP contribution in [0.1, 0.15) is 5.82 Å². The molecule has 3 aromatic carbocycles. The highest BCUT2D eigenvalue weighted by atomic mass is 32.2. The molecule has 0 radical (unpaired) electrons. The van der Waals surface area contributed by atoms with Crippen molar-refractivity contribution in [1.82, 2.24) is 14.5 Å². The first kappa shape index (κ1) is 25.2. The van der Waals surface area contributed by atoms with Gasteiger partial charge in [-0.25, -0.2) is 31.6 Å². The molecule has 0 atom stereocenters. The van der Waals surface area contributed by atoms with Crippen LogP contribution >= 0.6 is 0 Å². The summed E-state index contributed by atoms with van der Waals surface area (Å²) in [5.74, 6) is -2.94. The number of fused-ring (bicyclic) bond motifs is 1. The summed E-state index contributed by atoms with van der Waals surface area (Å²) in [6, 6.07) is 15.4. The molecule has 7 nitrogen and oxygen atoms in total. The number of hydrogen-bond acceptors (Lipinski definition) is 6. The molecule has 5 rings (SSSR count). The quantitative estimate of drug-likeness (QED) is 0.308. The highest BCUT2D eigenvalue weighted by Gasteiger charge is 2.19. The zero-order chi connectivity index (χ0) is 27.0. The molecule has 2 aromatic heterocycles. The van der Waals surface area contributed by atoms with E-state index in [0.717, 1.165) is 24.5 Å². The van der Waals surface area contributed by atoms with Gasteiger partial charge in [-0.3, -0.25) is 9.36 Å². The summed E-state index contributed by atoms with van der Waals surface area (Å²) in [6.07, 6.45) is 1.78. The fourth-order valence-corrected chi connectivity index (χ4v) is 5.29. The van der Waals surface area contributed by atoms with Crippen LogP contribution in [0.5, 0.6) is 5.75 Å². The van der Waals surface area contributed by atoms with Gasteiger partial charge in [0.2, 0.25) is 0 Å². The van der Waals surface area contributed by atoms with Gasteiger partial charge in [-0.2, -0.15) is 0 Å². The Kier molecular flexibility index (Phi) is 6.45. The maximum atomic E-state index is 13.8. The maximum Gasteiger partial charge on any atom is 0.255 e. The Hall–Kier alpha value is -4.51. The number of sulfone groups is 1. The van der Waals surface area contributed by atoms with E-state index >= 15 is 0 Å². The number of halogens is 3. The molecule has 0 aliphatic carbocycles. The molecule has 38 heavy (non-hydrogen) atoms. The smallest absolute Gasteiger partial charge is 0.255 e. The minimum Gasteiger partial charge on any atom is -0.495 e. The van der Waals surface area contributed by atoms with Crippen molar-refractivity contribution in [2.75, 3.05) is 7.11 Å². The molecule has 0 bridgehead atoms. The van der Waals surface area contributed by atoms with Crippen LogP contribution in [0.3, 0.4) is 0 Å². The number of pyridine rings is 1. The first-order chi connectivity index (χ1) is 18.2. The number of aromatic nitrogens is 3. The molecule has 11 heteroatoms. The van der Waals surface area contributed by atoms with Crippen molar-refractivity contribution < 1.29 is 26.3 Å². The Bertz CT molecular complexity index is 1860. The van der Waals surface area contributed by atoms with Crippen molar-refractivity contribution >= 4 is 20.7 Å². The third kappa shape index (κ3) is 4.75. The van der Waals surface area contributed by atoms with Crippen molar-refractivity contribution in [2.45, 2.75) is 10.6 Å². The normalized spacial score (nSPS) is 11.6. The predicted octanol–water partition coefficient (Wildman–Crippen LogP) is 4.85. The lowest BCUT2D eigenvalue weighted by atomic mass is 10.0. The molecule has 0 saturated heterocycles. The van der Waals surface area contributed by atoms with Crippen LogP contribution in [0.4, 0.5) is 13.2 Å². The largest absolute Gasteiger partial charge is 0.495 e. The van der Waals surface area contributed by atoms with Crippen LogP contribution in [-0.4, -0.2) is 30.1 Å². The highest BCUT2D eigenvalue weighted by molar-refractivity contribution is 7.90. The maximum absolute atomic E-state index is 13.8. The zero-order valence-electron chi connectivity index (χ0n) is 19.7. The van der Waals surface area contributed by atoms with Crippen LogP contribution in [0, 0.1) is 17.5 Å². The molecule has 0 unspecified atom stereocenters. The molecule has 0 fully saturated rings. The fraction of sp³-hybridized carbons (Fsp3) is 0.0741. The topological polar surface area (TPSA) is 91.2 Å². The van der Waals surface area contributed by atoms with Crippen molar-refractivity contribution in [3.05, 3.63) is 113 Å². The minimum absolute atomic E-state index is 0.0243. The molecule has 0 N–H and O–H groups in total. The van der Waals surface area contributed by atoms with Gasteiger partial charge >= 0.3 is 0 Å². The SMILES string of the molecule is COc1cc(-c2ccc(F)c(F)c2)ccc1-n1c(=O)ccc2cc(S(=O)(=O)Cc3ncc(F)cn3)ccc21. The third-order valence-corrected chi connectivity index (χ3v) is 7.50. The lowest BCUT2D eigenvalue weighted by Crippen LogP contribution is -2.18. The van der Waals surface area contributed by atoms with E-state index in [9.17, 15) is 26.4 Å². The number of benzene rings is 3. The molecule has 0 amide bonds. The summed E-state index contributed by atoms with van der Waals surface area (Å²) in [5, 5.41) is 0.456. The van der Waals surface area contributed by atoms with Crippen molar-refractivity contribution in [3.63, 3.8) is 0 Å². The summed E-state index contributed by atoms with van der Waals surface area (Å²) in [4.78, 5) is 20.3. The van der Waals surface area contributed by atoms with Gasteiger partial charge in [0.1, 0.15) is 17.3 Å². The van der Waals surface area contributed by atoms with E-state index in [0.29, 0.717) is 27.7 Å². The van der Waals surface area contributed by atoms with Gasteiger partial charge in [-0.05, 0) is 59.7 Å². The van der Waals surface area contributed by atoms with Crippen LogP contribution in [0.25, 0.3) is 27.7 Å². The molecular weight excluding hydrogens is 519 g/mol. The average Bonchev–Trinajstić information content (AvgIpc) is 2.91. The Morgan fingerprint density at radius 3 is 2.26 bits per heavy atom. The number of hydrogen-bond donors (Lipinski definition) is 0. The molecule has 192 valence electrons. The van der Waals surface area contributed by atoms with Gasteiger partial charge in [0, 0.05) is 11.5 Å². The third-order valence-electron chi connectivity index (χ3n) is 5.89. The fourth-order valence-electron chi connectivity index (χ4n) is 4.05. The average molecular weight is 538 g/mol. The predicted molar refractivity (Wildman–Crippen MR) is 134 cm³/mol.